The number of aromatic nitrogens is 1. The summed E-state index contributed by atoms with van der Waals surface area (Å²) in [6.07, 6.45) is 4.56. The summed E-state index contributed by atoms with van der Waals surface area (Å²) in [6.45, 7) is 3.87. The highest BCUT2D eigenvalue weighted by atomic mass is 79.9. The van der Waals surface area contributed by atoms with Crippen molar-refractivity contribution in [1.29, 1.82) is 0 Å². The van der Waals surface area contributed by atoms with Crippen molar-refractivity contribution in [2.45, 2.75) is 19.4 Å². The minimum Gasteiger partial charge on any atom is -0.383 e. The van der Waals surface area contributed by atoms with Gasteiger partial charge in [0.05, 0.1) is 6.61 Å². The van der Waals surface area contributed by atoms with Crippen molar-refractivity contribution >= 4 is 26.8 Å². The summed E-state index contributed by atoms with van der Waals surface area (Å²) in [5.41, 5.74) is 1.32. The lowest BCUT2D eigenvalue weighted by atomic mass is 10.2. The van der Waals surface area contributed by atoms with Gasteiger partial charge in [-0.25, -0.2) is 0 Å². The fraction of sp³-hybridized carbons (Fsp3) is 0.467. The van der Waals surface area contributed by atoms with Crippen LogP contribution in [0.15, 0.2) is 34.9 Å². The normalized spacial score (nSPS) is 11.3. The summed E-state index contributed by atoms with van der Waals surface area (Å²) in [4.78, 5) is 0. The molecule has 1 aromatic carbocycles. The van der Waals surface area contributed by atoms with Crippen LogP contribution < -0.4 is 5.32 Å². The molecular weight excluding hydrogens is 304 g/mol. The molecule has 0 radical (unpaired) electrons. The zero-order chi connectivity index (χ0) is 13.5. The van der Waals surface area contributed by atoms with E-state index in [0.29, 0.717) is 0 Å². The van der Waals surface area contributed by atoms with E-state index >= 15 is 0 Å². The van der Waals surface area contributed by atoms with Crippen molar-refractivity contribution in [3.05, 3.63) is 34.9 Å². The van der Waals surface area contributed by atoms with Gasteiger partial charge < -0.3 is 14.6 Å². The van der Waals surface area contributed by atoms with Crippen molar-refractivity contribution in [2.24, 2.45) is 0 Å². The smallest absolute Gasteiger partial charge is 0.0587 e. The number of aryl methyl sites for hydroxylation is 1. The van der Waals surface area contributed by atoms with Gasteiger partial charge in [-0.1, -0.05) is 15.9 Å². The van der Waals surface area contributed by atoms with Gasteiger partial charge in [0.15, 0.2) is 0 Å². The molecule has 0 unspecified atom stereocenters. The first-order valence-electron chi connectivity index (χ1n) is 6.75. The molecule has 0 saturated heterocycles. The fourth-order valence-electron chi connectivity index (χ4n) is 2.20. The number of rotatable bonds is 8. The van der Waals surface area contributed by atoms with E-state index in [0.717, 1.165) is 30.7 Å². The number of hydrogen-bond donors (Lipinski definition) is 1. The van der Waals surface area contributed by atoms with E-state index in [-0.39, 0.29) is 0 Å². The molecular formula is C15H21BrN2O. The van der Waals surface area contributed by atoms with Gasteiger partial charge >= 0.3 is 0 Å². The number of nitrogens with one attached hydrogen (secondary N) is 1. The number of nitrogens with zero attached hydrogens (tertiary/aromatic N) is 1. The van der Waals surface area contributed by atoms with Gasteiger partial charge in [0.2, 0.25) is 0 Å². The van der Waals surface area contributed by atoms with Gasteiger partial charge in [0.1, 0.15) is 0 Å². The molecule has 3 nitrogen and oxygen atoms in total. The van der Waals surface area contributed by atoms with Gasteiger partial charge in [-0.15, -0.1) is 0 Å². The zero-order valence-electron chi connectivity index (χ0n) is 11.4. The SMILES string of the molecule is COCCNCCCCn1ccc2cc(Br)ccc21. The summed E-state index contributed by atoms with van der Waals surface area (Å²) in [5.74, 6) is 0. The third kappa shape index (κ3) is 4.34. The maximum Gasteiger partial charge on any atom is 0.0587 e. The Morgan fingerprint density at radius 2 is 2.11 bits per heavy atom. The van der Waals surface area contributed by atoms with E-state index in [1.807, 2.05) is 0 Å². The van der Waals surface area contributed by atoms with Gasteiger partial charge in [-0.05, 0) is 43.7 Å². The Morgan fingerprint density at radius 3 is 2.95 bits per heavy atom. The number of ether oxygens (including phenoxy) is 1. The summed E-state index contributed by atoms with van der Waals surface area (Å²) in [5, 5.41) is 4.67. The highest BCUT2D eigenvalue weighted by Gasteiger charge is 2.01. The van der Waals surface area contributed by atoms with Crippen molar-refractivity contribution in [3.63, 3.8) is 0 Å². The predicted octanol–water partition coefficient (Wildman–Crippen LogP) is 3.42. The van der Waals surface area contributed by atoms with Crippen LogP contribution in [0.25, 0.3) is 10.9 Å². The summed E-state index contributed by atoms with van der Waals surface area (Å²) < 4.78 is 8.46. The lowest BCUT2D eigenvalue weighted by Gasteiger charge is -2.06. The average Bonchev–Trinajstić information content (AvgIpc) is 2.80. The number of methoxy groups -OCH3 is 1. The lowest BCUT2D eigenvalue weighted by molar-refractivity contribution is 0.199. The largest absolute Gasteiger partial charge is 0.383 e. The van der Waals surface area contributed by atoms with Crippen molar-refractivity contribution < 1.29 is 4.74 Å². The van der Waals surface area contributed by atoms with E-state index in [2.05, 4.69) is 56.3 Å². The maximum atomic E-state index is 4.99. The maximum absolute atomic E-state index is 4.99. The van der Waals surface area contributed by atoms with Crippen LogP contribution in [0.4, 0.5) is 0 Å². The molecule has 19 heavy (non-hydrogen) atoms. The van der Waals surface area contributed by atoms with Gasteiger partial charge in [-0.2, -0.15) is 0 Å². The molecule has 0 aliphatic rings. The third-order valence-electron chi connectivity index (χ3n) is 3.22. The number of benzene rings is 1. The van der Waals surface area contributed by atoms with Crippen LogP contribution in [0.5, 0.6) is 0 Å². The minimum atomic E-state index is 0.789. The lowest BCUT2D eigenvalue weighted by Crippen LogP contribution is -2.20. The monoisotopic (exact) mass is 324 g/mol. The molecule has 1 N–H and O–H groups in total. The van der Waals surface area contributed by atoms with E-state index in [1.165, 1.54) is 23.7 Å². The van der Waals surface area contributed by atoms with Gasteiger partial charge in [-0.3, -0.25) is 0 Å². The standard InChI is InChI=1S/C15H21BrN2O/c1-19-11-8-17-7-2-3-9-18-10-6-13-12-14(16)4-5-15(13)18/h4-6,10,12,17H,2-3,7-9,11H2,1H3. The molecule has 2 rings (SSSR count). The number of unbranched alkanes of at least 4 members (excludes halogenated alkanes) is 1. The number of hydrogen-bond acceptors (Lipinski definition) is 2. The van der Waals surface area contributed by atoms with Crippen LogP contribution in [0, 0.1) is 0 Å². The highest BCUT2D eigenvalue weighted by Crippen LogP contribution is 2.21. The second kappa shape index (κ2) is 7.68. The minimum absolute atomic E-state index is 0.789. The fourth-order valence-corrected chi connectivity index (χ4v) is 2.58. The second-order valence-corrected chi connectivity index (χ2v) is 5.58. The zero-order valence-corrected chi connectivity index (χ0v) is 12.9. The molecule has 104 valence electrons. The molecule has 0 saturated carbocycles. The Kier molecular flexibility index (Phi) is 5.89. The molecule has 0 fully saturated rings. The van der Waals surface area contributed by atoms with Crippen LogP contribution >= 0.6 is 15.9 Å². The molecule has 1 aromatic heterocycles. The van der Waals surface area contributed by atoms with Crippen LogP contribution in [0.1, 0.15) is 12.8 Å². The summed E-state index contributed by atoms with van der Waals surface area (Å²) in [7, 11) is 1.73. The first-order chi connectivity index (χ1) is 9.31. The van der Waals surface area contributed by atoms with Crippen LogP contribution in [0.2, 0.25) is 0 Å². The first-order valence-corrected chi connectivity index (χ1v) is 7.54. The molecule has 0 bridgehead atoms. The Hall–Kier alpha value is -0.840. The van der Waals surface area contributed by atoms with E-state index in [4.69, 9.17) is 4.74 Å². The number of halogens is 1. The Morgan fingerprint density at radius 1 is 1.21 bits per heavy atom. The first kappa shape index (κ1) is 14.6. The van der Waals surface area contributed by atoms with E-state index < -0.39 is 0 Å². The molecule has 0 aliphatic heterocycles. The molecule has 0 amide bonds. The Bertz CT molecular complexity index is 510. The van der Waals surface area contributed by atoms with E-state index in [1.54, 1.807) is 7.11 Å². The molecule has 1 heterocycles. The van der Waals surface area contributed by atoms with Gasteiger partial charge in [0.25, 0.3) is 0 Å². The molecule has 2 aromatic rings. The quantitative estimate of drug-likeness (QED) is 0.753. The molecule has 0 spiro atoms. The summed E-state index contributed by atoms with van der Waals surface area (Å²) >= 11 is 3.51. The summed E-state index contributed by atoms with van der Waals surface area (Å²) in [6, 6.07) is 8.62. The van der Waals surface area contributed by atoms with Crippen LogP contribution in [-0.2, 0) is 11.3 Å². The Labute approximate surface area is 123 Å². The van der Waals surface area contributed by atoms with Crippen molar-refractivity contribution in [2.75, 3.05) is 26.8 Å². The van der Waals surface area contributed by atoms with E-state index in [9.17, 15) is 0 Å². The molecule has 0 atom stereocenters. The topological polar surface area (TPSA) is 26.2 Å². The van der Waals surface area contributed by atoms with Crippen LogP contribution in [-0.4, -0.2) is 31.4 Å². The van der Waals surface area contributed by atoms with Crippen molar-refractivity contribution in [3.8, 4) is 0 Å². The molecule has 4 heteroatoms. The van der Waals surface area contributed by atoms with Crippen molar-refractivity contribution in [1.82, 2.24) is 9.88 Å². The van der Waals surface area contributed by atoms with Gasteiger partial charge in [0, 0.05) is 41.8 Å². The highest BCUT2D eigenvalue weighted by molar-refractivity contribution is 9.10. The third-order valence-corrected chi connectivity index (χ3v) is 3.71. The predicted molar refractivity (Wildman–Crippen MR) is 83.6 cm³/mol. The second-order valence-electron chi connectivity index (χ2n) is 4.66. The molecule has 0 aliphatic carbocycles. The van der Waals surface area contributed by atoms with Crippen LogP contribution in [0.3, 0.4) is 0 Å². The number of fused-ring (bicyclic) bond motifs is 1. The average molecular weight is 325 g/mol. The Balaban J connectivity index is 1.76.